The molecular formula is C18H15N3O4. The van der Waals surface area contributed by atoms with E-state index in [-0.39, 0.29) is 17.5 Å². The van der Waals surface area contributed by atoms with Crippen LogP contribution < -0.4 is 5.01 Å². The van der Waals surface area contributed by atoms with Gasteiger partial charge in [-0.3, -0.25) is 14.9 Å². The van der Waals surface area contributed by atoms with Gasteiger partial charge in [0, 0.05) is 12.1 Å². The highest BCUT2D eigenvalue weighted by molar-refractivity contribution is 6.30. The second-order valence-corrected chi connectivity index (χ2v) is 5.20. The Morgan fingerprint density at radius 2 is 1.84 bits per heavy atom. The molecule has 0 atom stereocenters. The van der Waals surface area contributed by atoms with Crippen molar-refractivity contribution in [1.82, 2.24) is 0 Å². The monoisotopic (exact) mass is 337 g/mol. The van der Waals surface area contributed by atoms with Crippen molar-refractivity contribution in [3.63, 3.8) is 0 Å². The highest BCUT2D eigenvalue weighted by atomic mass is 16.6. The molecule has 0 saturated carbocycles. The Morgan fingerprint density at radius 3 is 2.44 bits per heavy atom. The van der Waals surface area contributed by atoms with Crippen LogP contribution in [0.4, 0.5) is 11.4 Å². The van der Waals surface area contributed by atoms with Crippen LogP contribution in [0.2, 0.25) is 0 Å². The van der Waals surface area contributed by atoms with E-state index in [1.54, 1.807) is 6.08 Å². The summed E-state index contributed by atoms with van der Waals surface area (Å²) in [5.41, 5.74) is 1.57. The molecule has 0 bridgehead atoms. The maximum absolute atomic E-state index is 12.7. The van der Waals surface area contributed by atoms with Gasteiger partial charge in [0.2, 0.25) is 5.90 Å². The molecule has 0 fully saturated rings. The maximum atomic E-state index is 12.7. The number of hydrogen-bond donors (Lipinski definition) is 0. The topological polar surface area (TPSA) is 85.0 Å². The molecule has 1 aliphatic rings. The van der Waals surface area contributed by atoms with Gasteiger partial charge in [-0.2, -0.15) is 5.01 Å². The van der Waals surface area contributed by atoms with Crippen molar-refractivity contribution < 1.29 is 14.5 Å². The Kier molecular flexibility index (Phi) is 4.56. The third-order valence-corrected chi connectivity index (χ3v) is 3.54. The van der Waals surface area contributed by atoms with Crippen molar-refractivity contribution >= 4 is 29.3 Å². The zero-order valence-electron chi connectivity index (χ0n) is 13.5. The standard InChI is InChI=1S/C18H15N3O4/c1-2-25-17-16(12-13-6-4-3-5-7-13)18(22)20(19-17)14-8-10-15(11-9-14)21(23)24/h3-12H,2H2,1H3/b16-12-. The van der Waals surface area contributed by atoms with Gasteiger partial charge >= 0.3 is 0 Å². The van der Waals surface area contributed by atoms with E-state index in [1.807, 2.05) is 37.3 Å². The number of nitro groups is 1. The zero-order valence-corrected chi connectivity index (χ0v) is 13.5. The molecule has 2 aromatic carbocycles. The predicted octanol–water partition coefficient (Wildman–Crippen LogP) is 3.38. The molecule has 1 amide bonds. The lowest BCUT2D eigenvalue weighted by Crippen LogP contribution is -2.21. The lowest BCUT2D eigenvalue weighted by molar-refractivity contribution is -0.384. The Hall–Kier alpha value is -3.48. The van der Waals surface area contributed by atoms with Crippen LogP contribution in [0, 0.1) is 10.1 Å². The molecule has 7 heteroatoms. The number of hydrogen-bond acceptors (Lipinski definition) is 5. The van der Waals surface area contributed by atoms with Crippen LogP contribution in [0.3, 0.4) is 0 Å². The molecule has 0 saturated heterocycles. The largest absolute Gasteiger partial charge is 0.476 e. The molecule has 0 aromatic heterocycles. The molecule has 3 rings (SSSR count). The highest BCUT2D eigenvalue weighted by Crippen LogP contribution is 2.27. The second-order valence-electron chi connectivity index (χ2n) is 5.20. The van der Waals surface area contributed by atoms with Gasteiger partial charge < -0.3 is 4.74 Å². The van der Waals surface area contributed by atoms with E-state index in [0.29, 0.717) is 17.9 Å². The van der Waals surface area contributed by atoms with E-state index >= 15 is 0 Å². The van der Waals surface area contributed by atoms with Gasteiger partial charge in [0.25, 0.3) is 11.6 Å². The van der Waals surface area contributed by atoms with E-state index in [4.69, 9.17) is 4.74 Å². The van der Waals surface area contributed by atoms with Crippen LogP contribution in [0.1, 0.15) is 12.5 Å². The quantitative estimate of drug-likeness (QED) is 0.486. The van der Waals surface area contributed by atoms with Crippen LogP contribution >= 0.6 is 0 Å². The Balaban J connectivity index is 1.95. The third-order valence-electron chi connectivity index (χ3n) is 3.54. The summed E-state index contributed by atoms with van der Waals surface area (Å²) in [7, 11) is 0. The normalized spacial score (nSPS) is 15.4. The number of carbonyl (C=O) groups excluding carboxylic acids is 1. The average molecular weight is 337 g/mol. The lowest BCUT2D eigenvalue weighted by Gasteiger charge is -2.10. The summed E-state index contributed by atoms with van der Waals surface area (Å²) >= 11 is 0. The summed E-state index contributed by atoms with van der Waals surface area (Å²) in [6, 6.07) is 15.0. The predicted molar refractivity (Wildman–Crippen MR) is 94.1 cm³/mol. The van der Waals surface area contributed by atoms with E-state index in [2.05, 4.69) is 5.10 Å². The number of carbonyl (C=O) groups is 1. The summed E-state index contributed by atoms with van der Waals surface area (Å²) in [6.45, 7) is 2.17. The number of amides is 1. The van der Waals surface area contributed by atoms with Crippen molar-refractivity contribution in [2.75, 3.05) is 11.6 Å². The summed E-state index contributed by atoms with van der Waals surface area (Å²) in [6.07, 6.45) is 1.71. The van der Waals surface area contributed by atoms with Crippen molar-refractivity contribution in [1.29, 1.82) is 0 Å². The Bertz CT molecular complexity index is 858. The molecule has 1 heterocycles. The van der Waals surface area contributed by atoms with E-state index in [0.717, 1.165) is 5.56 Å². The van der Waals surface area contributed by atoms with Gasteiger partial charge in [-0.15, -0.1) is 5.10 Å². The molecule has 0 aliphatic carbocycles. The fourth-order valence-corrected chi connectivity index (χ4v) is 2.37. The van der Waals surface area contributed by atoms with Gasteiger partial charge in [-0.1, -0.05) is 30.3 Å². The fourth-order valence-electron chi connectivity index (χ4n) is 2.37. The average Bonchev–Trinajstić information content (AvgIpc) is 2.93. The maximum Gasteiger partial charge on any atom is 0.284 e. The first-order valence-corrected chi connectivity index (χ1v) is 7.67. The van der Waals surface area contributed by atoms with Gasteiger partial charge in [0.1, 0.15) is 5.57 Å². The van der Waals surface area contributed by atoms with Crippen molar-refractivity contribution in [3.05, 3.63) is 75.8 Å². The van der Waals surface area contributed by atoms with E-state index in [1.165, 1.54) is 29.3 Å². The number of rotatable bonds is 4. The van der Waals surface area contributed by atoms with Crippen molar-refractivity contribution in [2.45, 2.75) is 6.92 Å². The first kappa shape index (κ1) is 16.4. The van der Waals surface area contributed by atoms with Gasteiger partial charge in [0.15, 0.2) is 0 Å². The fraction of sp³-hybridized carbons (Fsp3) is 0.111. The summed E-state index contributed by atoms with van der Waals surface area (Å²) in [5, 5.41) is 16.2. The minimum absolute atomic E-state index is 0.0514. The minimum Gasteiger partial charge on any atom is -0.476 e. The minimum atomic E-state index is -0.495. The smallest absolute Gasteiger partial charge is 0.284 e. The van der Waals surface area contributed by atoms with Crippen LogP contribution in [-0.4, -0.2) is 23.3 Å². The Labute approximate surface area is 144 Å². The first-order valence-electron chi connectivity index (χ1n) is 7.67. The number of non-ortho nitro benzene ring substituents is 1. The molecule has 2 aromatic rings. The number of nitrogens with zero attached hydrogens (tertiary/aromatic N) is 3. The second kappa shape index (κ2) is 6.96. The third kappa shape index (κ3) is 3.40. The van der Waals surface area contributed by atoms with Gasteiger partial charge in [-0.05, 0) is 30.7 Å². The lowest BCUT2D eigenvalue weighted by atomic mass is 10.1. The number of ether oxygens (including phenoxy) is 1. The summed E-state index contributed by atoms with van der Waals surface area (Å²) in [4.78, 5) is 23.0. The van der Waals surface area contributed by atoms with Crippen LogP contribution in [0.15, 0.2) is 65.3 Å². The SMILES string of the molecule is CCOC1=NN(c2ccc([N+](=O)[O-])cc2)C(=O)/C1=C\c1ccccc1. The van der Waals surface area contributed by atoms with E-state index < -0.39 is 4.92 Å². The van der Waals surface area contributed by atoms with Crippen molar-refractivity contribution in [2.24, 2.45) is 5.10 Å². The summed E-state index contributed by atoms with van der Waals surface area (Å²) < 4.78 is 5.48. The van der Waals surface area contributed by atoms with Crippen molar-refractivity contribution in [3.8, 4) is 0 Å². The Morgan fingerprint density at radius 1 is 1.16 bits per heavy atom. The van der Waals surface area contributed by atoms with Gasteiger partial charge in [-0.25, -0.2) is 0 Å². The molecule has 0 radical (unpaired) electrons. The first-order chi connectivity index (χ1) is 12.1. The zero-order chi connectivity index (χ0) is 17.8. The number of nitro benzene ring substituents is 1. The molecule has 1 aliphatic heterocycles. The highest BCUT2D eigenvalue weighted by Gasteiger charge is 2.32. The van der Waals surface area contributed by atoms with Crippen LogP contribution in [-0.2, 0) is 9.53 Å². The number of anilines is 1. The van der Waals surface area contributed by atoms with E-state index in [9.17, 15) is 14.9 Å². The van der Waals surface area contributed by atoms with Crippen LogP contribution in [0.5, 0.6) is 0 Å². The van der Waals surface area contributed by atoms with Crippen LogP contribution in [0.25, 0.3) is 6.08 Å². The number of hydrazone groups is 1. The molecule has 7 nitrogen and oxygen atoms in total. The molecule has 25 heavy (non-hydrogen) atoms. The van der Waals surface area contributed by atoms with Gasteiger partial charge in [0.05, 0.1) is 17.2 Å². The molecule has 0 unspecified atom stereocenters. The molecular weight excluding hydrogens is 322 g/mol. The molecule has 0 spiro atoms. The number of benzene rings is 2. The summed E-state index contributed by atoms with van der Waals surface area (Å²) in [5.74, 6) is -0.115. The molecule has 0 N–H and O–H groups in total. The molecule has 126 valence electrons.